The van der Waals surface area contributed by atoms with Gasteiger partial charge >= 0.3 is 5.97 Å². The van der Waals surface area contributed by atoms with E-state index in [1.54, 1.807) is 13.3 Å². The quantitative estimate of drug-likeness (QED) is 0.802. The molecule has 0 fully saturated rings. The van der Waals surface area contributed by atoms with Crippen molar-refractivity contribution in [3.63, 3.8) is 0 Å². The molecule has 0 aliphatic carbocycles. The van der Waals surface area contributed by atoms with Crippen LogP contribution in [0.25, 0.3) is 0 Å². The van der Waals surface area contributed by atoms with Crippen molar-refractivity contribution in [3.05, 3.63) is 29.7 Å². The Labute approximate surface area is 148 Å². The van der Waals surface area contributed by atoms with Crippen LogP contribution in [0, 0.1) is 0 Å². The summed E-state index contributed by atoms with van der Waals surface area (Å²) in [5.41, 5.74) is 0.565. The van der Waals surface area contributed by atoms with Gasteiger partial charge in [-0.1, -0.05) is 27.7 Å². The fourth-order valence-electron chi connectivity index (χ4n) is 2.30. The van der Waals surface area contributed by atoms with E-state index < -0.39 is 5.97 Å². The molecule has 25 heavy (non-hydrogen) atoms. The van der Waals surface area contributed by atoms with Gasteiger partial charge in [0.1, 0.15) is 18.0 Å². The standard InChI is InChI=1S/C17H26N6O2/c1-7-25-16(24)14-20-12(17(3,4)5)8-13(21-14)18-9-11(2)15-22-19-10-23(15)6/h8,10-11H,7,9H2,1-6H3,(H,18,20,21)/t11-/m0/s1. The Hall–Kier alpha value is -2.51. The highest BCUT2D eigenvalue weighted by Gasteiger charge is 2.21. The second kappa shape index (κ2) is 7.58. The fourth-order valence-corrected chi connectivity index (χ4v) is 2.30. The lowest BCUT2D eigenvalue weighted by molar-refractivity contribution is 0.0511. The minimum absolute atomic E-state index is 0.0723. The number of hydrogen-bond donors (Lipinski definition) is 1. The van der Waals surface area contributed by atoms with Crippen molar-refractivity contribution < 1.29 is 9.53 Å². The van der Waals surface area contributed by atoms with Gasteiger partial charge in [0.05, 0.1) is 12.3 Å². The van der Waals surface area contributed by atoms with Crippen molar-refractivity contribution in [2.75, 3.05) is 18.5 Å². The summed E-state index contributed by atoms with van der Waals surface area (Å²) in [6, 6.07) is 1.87. The van der Waals surface area contributed by atoms with Gasteiger partial charge in [-0.05, 0) is 6.92 Å². The van der Waals surface area contributed by atoms with Gasteiger partial charge in [-0.25, -0.2) is 14.8 Å². The maximum atomic E-state index is 12.0. The Bertz CT molecular complexity index is 735. The lowest BCUT2D eigenvalue weighted by Crippen LogP contribution is -2.21. The van der Waals surface area contributed by atoms with Crippen molar-refractivity contribution >= 4 is 11.8 Å². The number of ether oxygens (including phenoxy) is 1. The molecule has 0 radical (unpaired) electrons. The molecule has 2 aromatic heterocycles. The van der Waals surface area contributed by atoms with E-state index in [1.165, 1.54) is 0 Å². The number of nitrogens with zero attached hydrogens (tertiary/aromatic N) is 5. The van der Waals surface area contributed by atoms with Gasteiger partial charge < -0.3 is 14.6 Å². The second-order valence-electron chi connectivity index (χ2n) is 7.01. The highest BCUT2D eigenvalue weighted by Crippen LogP contribution is 2.23. The van der Waals surface area contributed by atoms with E-state index >= 15 is 0 Å². The molecule has 2 heterocycles. The van der Waals surface area contributed by atoms with Crippen LogP contribution in [0.5, 0.6) is 0 Å². The summed E-state index contributed by atoms with van der Waals surface area (Å²) in [6.45, 7) is 10.8. The number of hydrogen-bond acceptors (Lipinski definition) is 7. The normalized spacial score (nSPS) is 12.7. The molecule has 0 aromatic carbocycles. The first-order chi connectivity index (χ1) is 11.7. The Morgan fingerprint density at radius 3 is 2.64 bits per heavy atom. The zero-order valence-electron chi connectivity index (χ0n) is 15.7. The minimum atomic E-state index is -0.516. The van der Waals surface area contributed by atoms with Crippen molar-refractivity contribution in [1.29, 1.82) is 0 Å². The maximum Gasteiger partial charge on any atom is 0.376 e. The lowest BCUT2D eigenvalue weighted by atomic mass is 9.92. The first-order valence-electron chi connectivity index (χ1n) is 8.36. The third-order valence-corrected chi connectivity index (χ3v) is 3.73. The van der Waals surface area contributed by atoms with Crippen molar-refractivity contribution in [2.24, 2.45) is 7.05 Å². The molecule has 0 aliphatic rings. The number of carbonyl (C=O) groups is 1. The van der Waals surface area contributed by atoms with Gasteiger partial charge in [0.15, 0.2) is 0 Å². The van der Waals surface area contributed by atoms with E-state index in [4.69, 9.17) is 4.74 Å². The van der Waals surface area contributed by atoms with E-state index in [9.17, 15) is 4.79 Å². The fraction of sp³-hybridized carbons (Fsp3) is 0.588. The Morgan fingerprint density at radius 2 is 2.08 bits per heavy atom. The van der Waals surface area contributed by atoms with Crippen LogP contribution < -0.4 is 5.32 Å². The Balaban J connectivity index is 2.22. The number of carbonyl (C=O) groups excluding carboxylic acids is 1. The number of anilines is 1. The number of esters is 1. The summed E-state index contributed by atoms with van der Waals surface area (Å²) < 4.78 is 6.92. The number of aryl methyl sites for hydroxylation is 1. The van der Waals surface area contributed by atoms with E-state index in [1.807, 2.05) is 38.5 Å². The van der Waals surface area contributed by atoms with E-state index in [0.717, 1.165) is 11.5 Å². The summed E-state index contributed by atoms with van der Waals surface area (Å²) in [6.07, 6.45) is 1.67. The van der Waals surface area contributed by atoms with Crippen molar-refractivity contribution in [1.82, 2.24) is 24.7 Å². The van der Waals surface area contributed by atoms with Crippen molar-refractivity contribution in [2.45, 2.75) is 46.0 Å². The van der Waals surface area contributed by atoms with Gasteiger partial charge in [0.25, 0.3) is 0 Å². The van der Waals surface area contributed by atoms with Crippen LogP contribution in [-0.4, -0.2) is 43.9 Å². The maximum absolute atomic E-state index is 12.0. The molecule has 8 heteroatoms. The average molecular weight is 346 g/mol. The Morgan fingerprint density at radius 1 is 1.36 bits per heavy atom. The molecule has 0 unspecified atom stereocenters. The third kappa shape index (κ3) is 4.74. The van der Waals surface area contributed by atoms with E-state index in [0.29, 0.717) is 12.4 Å². The molecule has 2 rings (SSSR count). The SMILES string of the molecule is CCOC(=O)c1nc(NC[C@H](C)c2nncn2C)cc(C(C)(C)C)n1. The van der Waals surface area contributed by atoms with Gasteiger partial charge in [0.2, 0.25) is 5.82 Å². The molecule has 0 amide bonds. The van der Waals surface area contributed by atoms with Crippen LogP contribution in [0.4, 0.5) is 5.82 Å². The average Bonchev–Trinajstić information content (AvgIpc) is 2.98. The summed E-state index contributed by atoms with van der Waals surface area (Å²) >= 11 is 0. The monoisotopic (exact) mass is 346 g/mol. The lowest BCUT2D eigenvalue weighted by Gasteiger charge is -2.20. The van der Waals surface area contributed by atoms with Gasteiger partial charge in [-0.2, -0.15) is 0 Å². The zero-order chi connectivity index (χ0) is 18.6. The van der Waals surface area contributed by atoms with E-state index in [-0.39, 0.29) is 23.8 Å². The first-order valence-corrected chi connectivity index (χ1v) is 8.36. The number of rotatable bonds is 6. The first kappa shape index (κ1) is 18.8. The largest absolute Gasteiger partial charge is 0.460 e. The molecule has 0 bridgehead atoms. The summed E-state index contributed by atoms with van der Waals surface area (Å²) in [5, 5.41) is 11.3. The Kier molecular flexibility index (Phi) is 5.71. The highest BCUT2D eigenvalue weighted by atomic mass is 16.5. The summed E-state index contributed by atoms with van der Waals surface area (Å²) in [7, 11) is 1.91. The molecular formula is C17H26N6O2. The van der Waals surface area contributed by atoms with Crippen molar-refractivity contribution in [3.8, 4) is 0 Å². The van der Waals surface area contributed by atoms with Gasteiger partial charge in [-0.3, -0.25) is 0 Å². The van der Waals surface area contributed by atoms with Crippen LogP contribution in [0.2, 0.25) is 0 Å². The number of aromatic nitrogens is 5. The molecule has 2 aromatic rings. The van der Waals surface area contributed by atoms with Crippen LogP contribution in [-0.2, 0) is 17.2 Å². The molecule has 0 spiro atoms. The molecule has 0 saturated carbocycles. The predicted octanol–water partition coefficient (Wildman–Crippen LogP) is 2.29. The second-order valence-corrected chi connectivity index (χ2v) is 7.01. The zero-order valence-corrected chi connectivity index (χ0v) is 15.7. The highest BCUT2D eigenvalue weighted by molar-refractivity contribution is 5.85. The third-order valence-electron chi connectivity index (χ3n) is 3.73. The molecule has 1 N–H and O–H groups in total. The topological polar surface area (TPSA) is 94.8 Å². The molecule has 0 aliphatic heterocycles. The molecule has 8 nitrogen and oxygen atoms in total. The van der Waals surface area contributed by atoms with Crippen LogP contribution in [0.1, 0.15) is 62.7 Å². The summed E-state index contributed by atoms with van der Waals surface area (Å²) in [4.78, 5) is 20.7. The molecule has 1 atom stereocenters. The van der Waals surface area contributed by atoms with E-state index in [2.05, 4.69) is 32.4 Å². The number of nitrogens with one attached hydrogen (secondary N) is 1. The smallest absolute Gasteiger partial charge is 0.376 e. The summed E-state index contributed by atoms with van der Waals surface area (Å²) in [5.74, 6) is 1.16. The van der Waals surface area contributed by atoms with Crippen LogP contribution >= 0.6 is 0 Å². The van der Waals surface area contributed by atoms with Gasteiger partial charge in [-0.15, -0.1) is 10.2 Å². The molecule has 0 saturated heterocycles. The van der Waals surface area contributed by atoms with Crippen LogP contribution in [0.15, 0.2) is 12.4 Å². The van der Waals surface area contributed by atoms with Crippen LogP contribution in [0.3, 0.4) is 0 Å². The minimum Gasteiger partial charge on any atom is -0.460 e. The predicted molar refractivity (Wildman–Crippen MR) is 94.6 cm³/mol. The van der Waals surface area contributed by atoms with Gasteiger partial charge in [0, 0.05) is 31.0 Å². The molecule has 136 valence electrons. The molecular weight excluding hydrogens is 320 g/mol.